The molecule has 0 bridgehead atoms. The minimum absolute atomic E-state index is 0.0372. The summed E-state index contributed by atoms with van der Waals surface area (Å²) >= 11 is 0. The summed E-state index contributed by atoms with van der Waals surface area (Å²) < 4.78 is 5.34. The van der Waals surface area contributed by atoms with Gasteiger partial charge in [0.2, 0.25) is 0 Å². The molecule has 18 heavy (non-hydrogen) atoms. The Labute approximate surface area is 108 Å². The number of nitrogens with zero attached hydrogens (tertiary/aromatic N) is 1. The van der Waals surface area contributed by atoms with E-state index in [9.17, 15) is 4.79 Å². The molecule has 1 atom stereocenters. The van der Waals surface area contributed by atoms with Gasteiger partial charge in [0.15, 0.2) is 0 Å². The number of anilines is 1. The molecule has 4 nitrogen and oxygen atoms in total. The van der Waals surface area contributed by atoms with Crippen LogP contribution in [-0.2, 0) is 9.53 Å². The first kappa shape index (κ1) is 13.1. The van der Waals surface area contributed by atoms with Gasteiger partial charge in [0, 0.05) is 12.2 Å². The van der Waals surface area contributed by atoms with Crippen LogP contribution < -0.4 is 10.2 Å². The maximum atomic E-state index is 12.1. The smallest absolute Gasteiger partial charge is 0.253 e. The van der Waals surface area contributed by atoms with E-state index in [1.807, 2.05) is 25.8 Å². The predicted molar refractivity (Wildman–Crippen MR) is 71.9 cm³/mol. The van der Waals surface area contributed by atoms with Crippen LogP contribution in [0.4, 0.5) is 5.69 Å². The lowest BCUT2D eigenvalue weighted by molar-refractivity contribution is -0.127. The Kier molecular flexibility index (Phi) is 3.99. The van der Waals surface area contributed by atoms with E-state index in [0.29, 0.717) is 6.61 Å². The summed E-state index contributed by atoms with van der Waals surface area (Å²) in [5, 5.41) is 3.12. The van der Waals surface area contributed by atoms with Crippen LogP contribution in [0.15, 0.2) is 18.2 Å². The third-order valence-corrected chi connectivity index (χ3v) is 3.23. The number of hydrogen-bond acceptors (Lipinski definition) is 3. The summed E-state index contributed by atoms with van der Waals surface area (Å²) in [4.78, 5) is 14.0. The molecule has 1 unspecified atom stereocenters. The summed E-state index contributed by atoms with van der Waals surface area (Å²) in [6.07, 6.45) is 0. The SMILES string of the molecule is CNCC1COCC(=O)N1c1cc(C)ccc1C. The summed E-state index contributed by atoms with van der Waals surface area (Å²) in [5.74, 6) is 0.0372. The third-order valence-electron chi connectivity index (χ3n) is 3.23. The molecular weight excluding hydrogens is 228 g/mol. The molecule has 4 heteroatoms. The van der Waals surface area contributed by atoms with Gasteiger partial charge in [-0.3, -0.25) is 4.79 Å². The molecule has 1 aliphatic heterocycles. The minimum atomic E-state index is 0.0372. The largest absolute Gasteiger partial charge is 0.369 e. The number of likely N-dealkylation sites (N-methyl/N-ethyl adjacent to an activating group) is 1. The number of carbonyl (C=O) groups is 1. The molecule has 1 aromatic rings. The molecule has 98 valence electrons. The van der Waals surface area contributed by atoms with E-state index < -0.39 is 0 Å². The van der Waals surface area contributed by atoms with Crippen LogP contribution >= 0.6 is 0 Å². The summed E-state index contributed by atoms with van der Waals surface area (Å²) in [6.45, 7) is 5.57. The van der Waals surface area contributed by atoms with Crippen LogP contribution in [0.5, 0.6) is 0 Å². The number of morpholine rings is 1. The van der Waals surface area contributed by atoms with Crippen molar-refractivity contribution < 1.29 is 9.53 Å². The number of benzene rings is 1. The van der Waals surface area contributed by atoms with Gasteiger partial charge in [0.25, 0.3) is 5.91 Å². The molecule has 1 fully saturated rings. The molecule has 1 amide bonds. The van der Waals surface area contributed by atoms with E-state index in [0.717, 1.165) is 23.4 Å². The average Bonchev–Trinajstić information content (AvgIpc) is 2.34. The van der Waals surface area contributed by atoms with E-state index in [-0.39, 0.29) is 18.6 Å². The topological polar surface area (TPSA) is 41.6 Å². The van der Waals surface area contributed by atoms with Gasteiger partial charge >= 0.3 is 0 Å². The van der Waals surface area contributed by atoms with Gasteiger partial charge in [-0.1, -0.05) is 12.1 Å². The standard InChI is InChI=1S/C14H20N2O2/c1-10-4-5-11(2)13(6-10)16-12(7-15-3)8-18-9-14(16)17/h4-6,12,15H,7-9H2,1-3H3. The van der Waals surface area contributed by atoms with Crippen molar-refractivity contribution >= 4 is 11.6 Å². The van der Waals surface area contributed by atoms with Crippen molar-refractivity contribution in [3.63, 3.8) is 0 Å². The fourth-order valence-electron chi connectivity index (χ4n) is 2.33. The zero-order valence-corrected chi connectivity index (χ0v) is 11.2. The molecule has 1 N–H and O–H groups in total. The maximum Gasteiger partial charge on any atom is 0.253 e. The van der Waals surface area contributed by atoms with E-state index in [1.54, 1.807) is 0 Å². The first-order chi connectivity index (χ1) is 8.63. The van der Waals surface area contributed by atoms with Crippen LogP contribution in [0.3, 0.4) is 0 Å². The molecular formula is C14H20N2O2. The zero-order valence-electron chi connectivity index (χ0n) is 11.2. The van der Waals surface area contributed by atoms with Crippen molar-refractivity contribution in [3.05, 3.63) is 29.3 Å². The number of rotatable bonds is 3. The van der Waals surface area contributed by atoms with Crippen LogP contribution in [0.25, 0.3) is 0 Å². The van der Waals surface area contributed by atoms with Gasteiger partial charge in [-0.25, -0.2) is 0 Å². The van der Waals surface area contributed by atoms with Crippen molar-refractivity contribution in [2.45, 2.75) is 19.9 Å². The highest BCUT2D eigenvalue weighted by Crippen LogP contribution is 2.25. The predicted octanol–water partition coefficient (Wildman–Crippen LogP) is 1.25. The molecule has 1 aliphatic rings. The number of aryl methyl sites for hydroxylation is 2. The lowest BCUT2D eigenvalue weighted by Gasteiger charge is -2.36. The number of hydrogen-bond donors (Lipinski definition) is 1. The first-order valence-electron chi connectivity index (χ1n) is 6.25. The second kappa shape index (κ2) is 5.50. The van der Waals surface area contributed by atoms with Gasteiger partial charge in [0.05, 0.1) is 12.6 Å². The lowest BCUT2D eigenvalue weighted by atomic mass is 10.1. The minimum Gasteiger partial charge on any atom is -0.369 e. The Bertz CT molecular complexity index is 443. The van der Waals surface area contributed by atoms with Crippen LogP contribution in [0.1, 0.15) is 11.1 Å². The van der Waals surface area contributed by atoms with Crippen molar-refractivity contribution in [1.82, 2.24) is 5.32 Å². The summed E-state index contributed by atoms with van der Waals surface area (Å²) in [7, 11) is 1.89. The van der Waals surface area contributed by atoms with E-state index in [4.69, 9.17) is 4.74 Å². The Morgan fingerprint density at radius 3 is 2.94 bits per heavy atom. The number of nitrogens with one attached hydrogen (secondary N) is 1. The Morgan fingerprint density at radius 1 is 1.44 bits per heavy atom. The third kappa shape index (κ3) is 2.54. The highest BCUT2D eigenvalue weighted by molar-refractivity contribution is 5.96. The van der Waals surface area contributed by atoms with Gasteiger partial charge in [-0.05, 0) is 38.1 Å². The fraction of sp³-hybridized carbons (Fsp3) is 0.500. The molecule has 1 aromatic carbocycles. The second-order valence-corrected chi connectivity index (χ2v) is 4.78. The van der Waals surface area contributed by atoms with Gasteiger partial charge in [-0.15, -0.1) is 0 Å². The van der Waals surface area contributed by atoms with E-state index in [2.05, 4.69) is 23.5 Å². The molecule has 0 aromatic heterocycles. The second-order valence-electron chi connectivity index (χ2n) is 4.78. The normalized spacial score (nSPS) is 20.3. The zero-order chi connectivity index (χ0) is 13.1. The highest BCUT2D eigenvalue weighted by atomic mass is 16.5. The molecule has 1 saturated heterocycles. The number of amides is 1. The average molecular weight is 248 g/mol. The van der Waals surface area contributed by atoms with Crippen molar-refractivity contribution in [1.29, 1.82) is 0 Å². The quantitative estimate of drug-likeness (QED) is 0.875. The molecule has 0 radical (unpaired) electrons. The van der Waals surface area contributed by atoms with Crippen molar-refractivity contribution in [2.24, 2.45) is 0 Å². The monoisotopic (exact) mass is 248 g/mol. The van der Waals surface area contributed by atoms with E-state index >= 15 is 0 Å². The van der Waals surface area contributed by atoms with Crippen LogP contribution in [0.2, 0.25) is 0 Å². The summed E-state index contributed by atoms with van der Waals surface area (Å²) in [6, 6.07) is 6.26. The number of ether oxygens (including phenoxy) is 1. The molecule has 1 heterocycles. The van der Waals surface area contributed by atoms with Gasteiger partial charge in [-0.2, -0.15) is 0 Å². The van der Waals surface area contributed by atoms with Crippen molar-refractivity contribution in [3.8, 4) is 0 Å². The van der Waals surface area contributed by atoms with Crippen LogP contribution in [0, 0.1) is 13.8 Å². The maximum absolute atomic E-state index is 12.1. The molecule has 0 saturated carbocycles. The lowest BCUT2D eigenvalue weighted by Crippen LogP contribution is -2.53. The van der Waals surface area contributed by atoms with Crippen LogP contribution in [-0.4, -0.2) is 38.8 Å². The van der Waals surface area contributed by atoms with Gasteiger partial charge in [0.1, 0.15) is 6.61 Å². The number of carbonyl (C=O) groups excluding carboxylic acids is 1. The van der Waals surface area contributed by atoms with Gasteiger partial charge < -0.3 is 15.0 Å². The first-order valence-corrected chi connectivity index (χ1v) is 6.25. The van der Waals surface area contributed by atoms with E-state index in [1.165, 1.54) is 0 Å². The Hall–Kier alpha value is -1.39. The molecule has 0 aliphatic carbocycles. The Morgan fingerprint density at radius 2 is 2.22 bits per heavy atom. The molecule has 2 rings (SSSR count). The Balaban J connectivity index is 2.36. The fourth-order valence-corrected chi connectivity index (χ4v) is 2.33. The van der Waals surface area contributed by atoms with Crippen molar-refractivity contribution in [2.75, 3.05) is 31.7 Å². The summed E-state index contributed by atoms with van der Waals surface area (Å²) in [5.41, 5.74) is 3.29. The molecule has 0 spiro atoms. The highest BCUT2D eigenvalue weighted by Gasteiger charge is 2.30.